The van der Waals surface area contributed by atoms with Gasteiger partial charge in [0.1, 0.15) is 13.5 Å². The van der Waals surface area contributed by atoms with E-state index in [1.54, 1.807) is 6.20 Å². The van der Waals surface area contributed by atoms with Crippen LogP contribution in [0.2, 0.25) is 0 Å². The van der Waals surface area contributed by atoms with E-state index in [1.807, 2.05) is 48.5 Å². The molecule has 22 heavy (non-hydrogen) atoms. The van der Waals surface area contributed by atoms with Crippen molar-refractivity contribution in [2.75, 3.05) is 0 Å². The van der Waals surface area contributed by atoms with Gasteiger partial charge in [-0.15, -0.1) is 0 Å². The van der Waals surface area contributed by atoms with Gasteiger partial charge in [-0.1, -0.05) is 41.9 Å². The molecule has 4 aromatic rings. The summed E-state index contributed by atoms with van der Waals surface area (Å²) in [5, 5.41) is 0. The van der Waals surface area contributed by atoms with Crippen LogP contribution in [0.5, 0.6) is 0 Å². The third kappa shape index (κ3) is 2.09. The molecule has 3 nitrogen and oxygen atoms in total. The monoisotopic (exact) mass is 281 g/mol. The molecule has 102 valence electrons. The van der Waals surface area contributed by atoms with Crippen molar-refractivity contribution in [1.82, 2.24) is 14.5 Å². The van der Waals surface area contributed by atoms with E-state index < -0.39 is 0 Å². The Morgan fingerprint density at radius 3 is 2.36 bits per heavy atom. The van der Waals surface area contributed by atoms with Gasteiger partial charge < -0.3 is 0 Å². The largest absolute Gasteiger partial charge is 0.291 e. The van der Waals surface area contributed by atoms with Crippen LogP contribution in [0.1, 0.15) is 0 Å². The van der Waals surface area contributed by atoms with Gasteiger partial charge >= 0.3 is 0 Å². The van der Waals surface area contributed by atoms with Crippen molar-refractivity contribution in [2.45, 2.75) is 0 Å². The molecular formula is C18H12BN3. The Bertz CT molecular complexity index is 928. The minimum Gasteiger partial charge on any atom is -0.291 e. The predicted molar refractivity (Wildman–Crippen MR) is 89.7 cm³/mol. The van der Waals surface area contributed by atoms with Crippen LogP contribution < -0.4 is 5.46 Å². The number of pyridine rings is 1. The molecule has 2 radical (unpaired) electrons. The van der Waals surface area contributed by atoms with E-state index in [0.717, 1.165) is 28.2 Å². The molecular weight excluding hydrogens is 269 g/mol. The number of hydrogen-bond donors (Lipinski definition) is 0. The number of nitrogens with zero attached hydrogens (tertiary/aromatic N) is 3. The lowest BCUT2D eigenvalue weighted by Gasteiger charge is -2.09. The molecule has 0 aliphatic carbocycles. The summed E-state index contributed by atoms with van der Waals surface area (Å²) in [4.78, 5) is 9.17. The highest BCUT2D eigenvalue weighted by molar-refractivity contribution is 6.32. The Morgan fingerprint density at radius 1 is 0.818 bits per heavy atom. The minimum absolute atomic E-state index is 0.645. The topological polar surface area (TPSA) is 30.7 Å². The fourth-order valence-electron chi connectivity index (χ4n) is 2.57. The molecule has 0 bridgehead atoms. The van der Waals surface area contributed by atoms with Gasteiger partial charge in [-0.2, -0.15) is 0 Å². The second-order valence-corrected chi connectivity index (χ2v) is 5.07. The third-order valence-corrected chi connectivity index (χ3v) is 3.59. The fraction of sp³-hybridized carbons (Fsp3) is 0. The number of hydrogen-bond acceptors (Lipinski definition) is 2. The lowest BCUT2D eigenvalue weighted by Crippen LogP contribution is -2.04. The summed E-state index contributed by atoms with van der Waals surface area (Å²) in [5.41, 5.74) is 4.51. The maximum Gasteiger partial charge on any atom is 0.164 e. The van der Waals surface area contributed by atoms with Crippen molar-refractivity contribution in [1.29, 1.82) is 0 Å². The summed E-state index contributed by atoms with van der Waals surface area (Å²) in [6.07, 6.45) is 1.66. The van der Waals surface area contributed by atoms with E-state index in [1.165, 1.54) is 0 Å². The van der Waals surface area contributed by atoms with E-state index in [0.29, 0.717) is 5.46 Å². The first-order chi connectivity index (χ1) is 10.8. The molecule has 0 spiro atoms. The zero-order chi connectivity index (χ0) is 14.9. The molecule has 0 saturated carbocycles. The normalized spacial score (nSPS) is 10.9. The zero-order valence-corrected chi connectivity index (χ0v) is 11.8. The predicted octanol–water partition coefficient (Wildman–Crippen LogP) is 2.88. The van der Waals surface area contributed by atoms with Gasteiger partial charge in [0.05, 0.1) is 11.0 Å². The van der Waals surface area contributed by atoms with E-state index in [-0.39, 0.29) is 0 Å². The highest BCUT2D eigenvalue weighted by atomic mass is 15.1. The molecule has 2 aromatic carbocycles. The molecule has 0 unspecified atom stereocenters. The van der Waals surface area contributed by atoms with Crippen LogP contribution in [-0.4, -0.2) is 22.4 Å². The van der Waals surface area contributed by atoms with E-state index in [9.17, 15) is 0 Å². The summed E-state index contributed by atoms with van der Waals surface area (Å²) in [6, 6.07) is 22.0. The standard InChI is InChI=1S/C18H12BN3/c19-13-10-11-16(20-12-13)18-21-15-8-4-5-9-17(15)22(18)14-6-2-1-3-7-14/h1-12H. The zero-order valence-electron chi connectivity index (χ0n) is 11.8. The Kier molecular flexibility index (Phi) is 3.00. The number of para-hydroxylation sites is 3. The van der Waals surface area contributed by atoms with Crippen molar-refractivity contribution in [2.24, 2.45) is 0 Å². The first kappa shape index (κ1) is 12.8. The summed E-state index contributed by atoms with van der Waals surface area (Å²) in [6.45, 7) is 0. The molecule has 0 amide bonds. The van der Waals surface area contributed by atoms with Gasteiger partial charge in [0.25, 0.3) is 0 Å². The van der Waals surface area contributed by atoms with Gasteiger partial charge in [0.2, 0.25) is 0 Å². The van der Waals surface area contributed by atoms with Gasteiger partial charge in [-0.25, -0.2) is 4.98 Å². The Balaban J connectivity index is 2.04. The SMILES string of the molecule is [B]c1ccc(-c2nc3ccccc3n2-c2ccccc2)nc1. The second kappa shape index (κ2) is 5.15. The van der Waals surface area contributed by atoms with Crippen LogP contribution in [0.4, 0.5) is 0 Å². The summed E-state index contributed by atoms with van der Waals surface area (Å²) < 4.78 is 2.12. The smallest absolute Gasteiger partial charge is 0.164 e. The first-order valence-corrected chi connectivity index (χ1v) is 7.08. The van der Waals surface area contributed by atoms with E-state index >= 15 is 0 Å². The van der Waals surface area contributed by atoms with Crippen molar-refractivity contribution in [3.63, 3.8) is 0 Å². The highest BCUT2D eigenvalue weighted by Crippen LogP contribution is 2.26. The second-order valence-electron chi connectivity index (χ2n) is 5.07. The third-order valence-electron chi connectivity index (χ3n) is 3.59. The molecule has 0 aliphatic heterocycles. The molecule has 4 heteroatoms. The number of rotatable bonds is 2. The molecule has 4 rings (SSSR count). The summed E-state index contributed by atoms with van der Waals surface area (Å²) in [7, 11) is 5.74. The van der Waals surface area contributed by atoms with Gasteiger partial charge in [0.15, 0.2) is 5.82 Å². The molecule has 0 saturated heterocycles. The molecule has 2 heterocycles. The minimum atomic E-state index is 0.645. The molecule has 0 atom stereocenters. The fourth-order valence-corrected chi connectivity index (χ4v) is 2.57. The Hall–Kier alpha value is -2.88. The molecule has 0 aliphatic rings. The van der Waals surface area contributed by atoms with Crippen molar-refractivity contribution < 1.29 is 0 Å². The molecule has 0 fully saturated rings. The molecule has 0 N–H and O–H groups in total. The van der Waals surface area contributed by atoms with Crippen molar-refractivity contribution >= 4 is 24.3 Å². The van der Waals surface area contributed by atoms with Crippen LogP contribution in [0, 0.1) is 0 Å². The van der Waals surface area contributed by atoms with Gasteiger partial charge in [-0.3, -0.25) is 9.55 Å². The lowest BCUT2D eigenvalue weighted by atomic mass is 9.99. The quantitative estimate of drug-likeness (QED) is 0.529. The highest BCUT2D eigenvalue weighted by Gasteiger charge is 2.14. The van der Waals surface area contributed by atoms with Gasteiger partial charge in [-0.05, 0) is 30.3 Å². The van der Waals surface area contributed by atoms with E-state index in [2.05, 4.69) is 27.8 Å². The average molecular weight is 281 g/mol. The van der Waals surface area contributed by atoms with E-state index in [4.69, 9.17) is 12.8 Å². The summed E-state index contributed by atoms with van der Waals surface area (Å²) in [5.74, 6) is 0.812. The molecule has 2 aromatic heterocycles. The van der Waals surface area contributed by atoms with Crippen LogP contribution in [0.3, 0.4) is 0 Å². The van der Waals surface area contributed by atoms with Crippen LogP contribution >= 0.6 is 0 Å². The number of imidazole rings is 1. The lowest BCUT2D eigenvalue weighted by molar-refractivity contribution is 1.08. The van der Waals surface area contributed by atoms with Gasteiger partial charge in [0, 0.05) is 11.9 Å². The maximum absolute atomic E-state index is 5.74. The number of benzene rings is 2. The average Bonchev–Trinajstić information content (AvgIpc) is 2.96. The Morgan fingerprint density at radius 2 is 1.59 bits per heavy atom. The summed E-state index contributed by atoms with van der Waals surface area (Å²) >= 11 is 0. The maximum atomic E-state index is 5.74. The first-order valence-electron chi connectivity index (χ1n) is 7.08. The van der Waals surface area contributed by atoms with Crippen LogP contribution in [0.25, 0.3) is 28.2 Å². The van der Waals surface area contributed by atoms with Crippen LogP contribution in [0.15, 0.2) is 72.9 Å². The van der Waals surface area contributed by atoms with Crippen molar-refractivity contribution in [3.05, 3.63) is 72.9 Å². The number of aromatic nitrogens is 3. The Labute approximate surface area is 129 Å². The van der Waals surface area contributed by atoms with Crippen LogP contribution in [-0.2, 0) is 0 Å². The number of fused-ring (bicyclic) bond motifs is 1. The van der Waals surface area contributed by atoms with Crippen molar-refractivity contribution in [3.8, 4) is 17.2 Å².